The monoisotopic (exact) mass is 250 g/mol. The number of amides is 1. The number of hydrogen-bond acceptors (Lipinski definition) is 5. The zero-order valence-corrected chi connectivity index (χ0v) is 10.3. The van der Waals surface area contributed by atoms with Crippen molar-refractivity contribution in [3.63, 3.8) is 0 Å². The van der Waals surface area contributed by atoms with E-state index in [9.17, 15) is 13.2 Å². The predicted molar refractivity (Wildman–Crippen MR) is 59.4 cm³/mol. The predicted octanol–water partition coefficient (Wildman–Crippen LogP) is -0.923. The second-order valence-corrected chi connectivity index (χ2v) is 5.69. The van der Waals surface area contributed by atoms with Crippen LogP contribution in [0.5, 0.6) is 0 Å². The molecule has 1 heterocycles. The van der Waals surface area contributed by atoms with E-state index in [2.05, 4.69) is 5.32 Å². The average Bonchev–Trinajstić information content (AvgIpc) is 2.66. The van der Waals surface area contributed by atoms with E-state index < -0.39 is 21.8 Å². The molecule has 0 aromatic rings. The summed E-state index contributed by atoms with van der Waals surface area (Å²) in [5.74, 6) is -1.01. The third-order valence-electron chi connectivity index (χ3n) is 2.52. The van der Waals surface area contributed by atoms with Crippen LogP contribution in [0.2, 0.25) is 0 Å². The molecule has 0 aromatic heterocycles. The fourth-order valence-electron chi connectivity index (χ4n) is 1.58. The highest BCUT2D eigenvalue weighted by Gasteiger charge is 2.34. The molecule has 0 bridgehead atoms. The molecule has 0 aliphatic carbocycles. The van der Waals surface area contributed by atoms with Crippen LogP contribution in [0.3, 0.4) is 0 Å². The van der Waals surface area contributed by atoms with Gasteiger partial charge in [0.1, 0.15) is 0 Å². The number of rotatable bonds is 5. The van der Waals surface area contributed by atoms with Crippen molar-refractivity contribution in [2.24, 2.45) is 5.92 Å². The highest BCUT2D eigenvalue weighted by atomic mass is 32.2. The van der Waals surface area contributed by atoms with Crippen molar-refractivity contribution in [3.05, 3.63) is 0 Å². The summed E-state index contributed by atoms with van der Waals surface area (Å²) in [5, 5.41) is 3.10. The first-order valence-corrected chi connectivity index (χ1v) is 7.00. The first kappa shape index (κ1) is 13.4. The summed E-state index contributed by atoms with van der Waals surface area (Å²) in [4.78, 5) is 11.7. The summed E-state index contributed by atoms with van der Waals surface area (Å²) in [7, 11) is -3.48. The van der Waals surface area contributed by atoms with Crippen molar-refractivity contribution < 1.29 is 17.9 Å². The minimum Gasteiger partial charge on any atom is -0.379 e. The number of ether oxygens (including phenoxy) is 1. The Morgan fingerprint density at radius 1 is 1.38 bits per heavy atom. The van der Waals surface area contributed by atoms with E-state index in [1.54, 1.807) is 0 Å². The van der Waals surface area contributed by atoms with Crippen molar-refractivity contribution in [2.45, 2.75) is 19.9 Å². The molecule has 2 unspecified atom stereocenters. The van der Waals surface area contributed by atoms with Crippen LogP contribution in [-0.2, 0) is 19.6 Å². The minimum absolute atomic E-state index is 0.0990. The summed E-state index contributed by atoms with van der Waals surface area (Å²) < 4.78 is 29.7. The largest absolute Gasteiger partial charge is 0.379 e. The zero-order valence-electron chi connectivity index (χ0n) is 9.52. The second-order valence-electron chi connectivity index (χ2n) is 3.68. The molecule has 1 saturated heterocycles. The lowest BCUT2D eigenvalue weighted by atomic mass is 10.0. The van der Waals surface area contributed by atoms with Gasteiger partial charge < -0.3 is 10.1 Å². The van der Waals surface area contributed by atoms with Gasteiger partial charge in [0, 0.05) is 6.04 Å². The van der Waals surface area contributed by atoms with Gasteiger partial charge in [-0.1, -0.05) is 6.92 Å². The molecular weight excluding hydrogens is 232 g/mol. The molecule has 0 aromatic carbocycles. The van der Waals surface area contributed by atoms with Gasteiger partial charge in [0.25, 0.3) is 0 Å². The Bertz CT molecular complexity index is 341. The average molecular weight is 250 g/mol. The van der Waals surface area contributed by atoms with Gasteiger partial charge in [-0.05, 0) is 13.5 Å². The van der Waals surface area contributed by atoms with E-state index in [0.717, 1.165) is 6.54 Å². The normalized spacial score (nSPS) is 25.6. The van der Waals surface area contributed by atoms with E-state index in [1.807, 2.05) is 11.6 Å². The Hall–Kier alpha value is -0.660. The van der Waals surface area contributed by atoms with Crippen LogP contribution in [0.25, 0.3) is 0 Å². The van der Waals surface area contributed by atoms with Gasteiger partial charge in [0.05, 0.1) is 24.9 Å². The van der Waals surface area contributed by atoms with Gasteiger partial charge >= 0.3 is 0 Å². The minimum atomic E-state index is -3.48. The van der Waals surface area contributed by atoms with Crippen LogP contribution < -0.4 is 10.0 Å². The molecule has 2 atom stereocenters. The van der Waals surface area contributed by atoms with Crippen LogP contribution >= 0.6 is 0 Å². The van der Waals surface area contributed by atoms with Crippen LogP contribution in [0, 0.1) is 5.92 Å². The van der Waals surface area contributed by atoms with Crippen LogP contribution in [-0.4, -0.2) is 45.9 Å². The van der Waals surface area contributed by atoms with Crippen LogP contribution in [0.15, 0.2) is 0 Å². The lowest BCUT2D eigenvalue weighted by molar-refractivity contribution is -0.123. The molecule has 94 valence electrons. The highest BCUT2D eigenvalue weighted by molar-refractivity contribution is 7.90. The van der Waals surface area contributed by atoms with E-state index in [1.165, 1.54) is 6.92 Å². The molecule has 1 aliphatic heterocycles. The Labute approximate surface area is 95.8 Å². The summed E-state index contributed by atoms with van der Waals surface area (Å²) in [6, 6.07) is -0.0999. The quantitative estimate of drug-likeness (QED) is 0.659. The molecule has 2 N–H and O–H groups in total. The van der Waals surface area contributed by atoms with Crippen molar-refractivity contribution in [3.8, 4) is 0 Å². The number of hydrogen-bond donors (Lipinski definition) is 2. The van der Waals surface area contributed by atoms with Crippen molar-refractivity contribution in [2.75, 3.05) is 25.5 Å². The third-order valence-corrected chi connectivity index (χ3v) is 3.79. The number of likely N-dealkylation sites (N-methyl/N-ethyl adjacent to an activating group) is 1. The summed E-state index contributed by atoms with van der Waals surface area (Å²) in [6.07, 6.45) is 0. The first-order valence-electron chi connectivity index (χ1n) is 5.35. The molecule has 1 amide bonds. The highest BCUT2D eigenvalue weighted by Crippen LogP contribution is 2.14. The Kier molecular flexibility index (Phi) is 4.69. The Morgan fingerprint density at radius 3 is 2.62 bits per heavy atom. The number of sulfonamides is 1. The molecule has 6 nitrogen and oxygen atoms in total. The maximum atomic E-state index is 11.7. The van der Waals surface area contributed by atoms with Gasteiger partial charge in [-0.3, -0.25) is 9.52 Å². The summed E-state index contributed by atoms with van der Waals surface area (Å²) >= 11 is 0. The van der Waals surface area contributed by atoms with Crippen LogP contribution in [0.4, 0.5) is 0 Å². The SMILES string of the molecule is CCNC1COCC1C(=O)NS(=O)(=O)CC. The second kappa shape index (κ2) is 5.60. The van der Waals surface area contributed by atoms with Crippen molar-refractivity contribution in [1.82, 2.24) is 10.0 Å². The maximum Gasteiger partial charge on any atom is 0.240 e. The van der Waals surface area contributed by atoms with Gasteiger partial charge in [-0.2, -0.15) is 0 Å². The topological polar surface area (TPSA) is 84.5 Å². The van der Waals surface area contributed by atoms with Gasteiger partial charge in [0.2, 0.25) is 15.9 Å². The molecule has 1 aliphatic rings. The van der Waals surface area contributed by atoms with Gasteiger partial charge in [-0.15, -0.1) is 0 Å². The lowest BCUT2D eigenvalue weighted by Gasteiger charge is -2.17. The first-order chi connectivity index (χ1) is 7.50. The van der Waals surface area contributed by atoms with Gasteiger partial charge in [-0.25, -0.2) is 8.42 Å². The Balaban J connectivity index is 2.60. The van der Waals surface area contributed by atoms with Crippen molar-refractivity contribution >= 4 is 15.9 Å². The molecule has 0 radical (unpaired) electrons. The number of carbonyl (C=O) groups is 1. The van der Waals surface area contributed by atoms with Crippen molar-refractivity contribution in [1.29, 1.82) is 0 Å². The van der Waals surface area contributed by atoms with E-state index in [4.69, 9.17) is 4.74 Å². The van der Waals surface area contributed by atoms with Crippen LogP contribution in [0.1, 0.15) is 13.8 Å². The standard InChI is InChI=1S/C9H18N2O4S/c1-3-10-8-6-15-5-7(8)9(12)11-16(13,14)4-2/h7-8,10H,3-6H2,1-2H3,(H,11,12). The smallest absolute Gasteiger partial charge is 0.240 e. The summed E-state index contributed by atoms with van der Waals surface area (Å²) in [6.45, 7) is 4.85. The number of carbonyl (C=O) groups excluding carboxylic acids is 1. The molecule has 1 fully saturated rings. The number of nitrogens with one attached hydrogen (secondary N) is 2. The van der Waals surface area contributed by atoms with E-state index in [0.29, 0.717) is 6.61 Å². The molecule has 0 saturated carbocycles. The van der Waals surface area contributed by atoms with E-state index >= 15 is 0 Å². The molecular formula is C9H18N2O4S. The zero-order chi connectivity index (χ0) is 12.2. The molecule has 16 heavy (non-hydrogen) atoms. The molecule has 7 heteroatoms. The maximum absolute atomic E-state index is 11.7. The fourth-order valence-corrected chi connectivity index (χ4v) is 2.18. The Morgan fingerprint density at radius 2 is 2.06 bits per heavy atom. The van der Waals surface area contributed by atoms with E-state index in [-0.39, 0.29) is 18.4 Å². The molecule has 0 spiro atoms. The third kappa shape index (κ3) is 3.43. The fraction of sp³-hybridized carbons (Fsp3) is 0.889. The van der Waals surface area contributed by atoms with Gasteiger partial charge in [0.15, 0.2) is 0 Å². The lowest BCUT2D eigenvalue weighted by Crippen LogP contribution is -2.45. The molecule has 1 rings (SSSR count). The summed E-state index contributed by atoms with van der Waals surface area (Å²) in [5.41, 5.74) is 0.